The molecule has 2 aliphatic rings. The summed E-state index contributed by atoms with van der Waals surface area (Å²) in [5.41, 5.74) is 4.28. The fourth-order valence-corrected chi connectivity index (χ4v) is 4.76. The molecule has 0 saturated carbocycles. The first kappa shape index (κ1) is 19.1. The fraction of sp³-hybridized carbons (Fsp3) is 0.375. The largest absolute Gasteiger partial charge is 0.377 e. The summed E-state index contributed by atoms with van der Waals surface area (Å²) in [6.45, 7) is 4.14. The Balaban J connectivity index is 1.72. The highest BCUT2D eigenvalue weighted by Gasteiger charge is 2.39. The third-order valence-electron chi connectivity index (χ3n) is 6.11. The minimum Gasteiger partial charge on any atom is -0.377 e. The smallest absolute Gasteiger partial charge is 0.253 e. The number of hydrogen-bond donors (Lipinski definition) is 2. The molecule has 0 spiro atoms. The maximum atomic E-state index is 12.9. The molecule has 1 aliphatic heterocycles. The van der Waals surface area contributed by atoms with Crippen molar-refractivity contribution in [1.29, 1.82) is 0 Å². The van der Waals surface area contributed by atoms with Gasteiger partial charge in [-0.1, -0.05) is 43.3 Å². The van der Waals surface area contributed by atoms with Gasteiger partial charge in [0.05, 0.1) is 17.3 Å². The minimum atomic E-state index is 0.00982. The molecule has 1 aliphatic carbocycles. The Labute approximate surface area is 172 Å². The lowest BCUT2D eigenvalue weighted by molar-refractivity contribution is 0.0939. The Kier molecular flexibility index (Phi) is 5.49. The molecule has 2 aromatic carbocycles. The third-order valence-corrected chi connectivity index (χ3v) is 6.85. The predicted molar refractivity (Wildman–Crippen MR) is 118 cm³/mol. The van der Waals surface area contributed by atoms with Crippen molar-refractivity contribution in [2.45, 2.75) is 49.6 Å². The highest BCUT2D eigenvalue weighted by molar-refractivity contribution is 7.98. The van der Waals surface area contributed by atoms with E-state index >= 15 is 0 Å². The zero-order valence-corrected chi connectivity index (χ0v) is 17.6. The molecule has 4 rings (SSSR count). The number of allylic oxidation sites excluding steroid dienone is 2. The lowest BCUT2D eigenvalue weighted by Crippen LogP contribution is -2.35. The van der Waals surface area contributed by atoms with Crippen LogP contribution in [0.25, 0.3) is 0 Å². The number of fused-ring (bicyclic) bond motifs is 3. The summed E-state index contributed by atoms with van der Waals surface area (Å²) in [5, 5.41) is 6.88. The molecule has 146 valence electrons. The van der Waals surface area contributed by atoms with E-state index in [1.807, 2.05) is 19.1 Å². The summed E-state index contributed by atoms with van der Waals surface area (Å²) in [6, 6.07) is 15.3. The van der Waals surface area contributed by atoms with Crippen LogP contribution in [0, 0.1) is 5.92 Å². The molecule has 1 heterocycles. The number of anilines is 1. The molecule has 0 saturated heterocycles. The molecule has 0 radical (unpaired) electrons. The highest BCUT2D eigenvalue weighted by atomic mass is 32.2. The number of hydrogen-bond acceptors (Lipinski definition) is 3. The molecular weight excluding hydrogens is 364 g/mol. The third kappa shape index (κ3) is 3.46. The molecule has 4 atom stereocenters. The normalized spacial score (nSPS) is 23.5. The van der Waals surface area contributed by atoms with E-state index in [9.17, 15) is 4.79 Å². The van der Waals surface area contributed by atoms with Gasteiger partial charge in [0.2, 0.25) is 0 Å². The number of nitrogens with one attached hydrogen (secondary N) is 2. The summed E-state index contributed by atoms with van der Waals surface area (Å²) in [6.07, 6.45) is 8.70. The lowest BCUT2D eigenvalue weighted by atomic mass is 9.76. The molecule has 3 nitrogen and oxygen atoms in total. The van der Waals surface area contributed by atoms with E-state index in [-0.39, 0.29) is 18.0 Å². The molecule has 1 amide bonds. The zero-order chi connectivity index (χ0) is 19.7. The van der Waals surface area contributed by atoms with Crippen molar-refractivity contribution in [3.05, 3.63) is 71.3 Å². The van der Waals surface area contributed by atoms with E-state index in [1.54, 1.807) is 11.8 Å². The quantitative estimate of drug-likeness (QED) is 0.502. The van der Waals surface area contributed by atoms with Crippen molar-refractivity contribution in [2.75, 3.05) is 11.6 Å². The van der Waals surface area contributed by atoms with Crippen LogP contribution in [-0.2, 0) is 0 Å². The molecular formula is C24H28N2OS. The summed E-state index contributed by atoms with van der Waals surface area (Å²) in [7, 11) is 0. The number of para-hydroxylation sites is 1. The number of amides is 1. The number of rotatable bonds is 5. The number of carbonyl (C=O) groups is 1. The Morgan fingerprint density at radius 1 is 1.25 bits per heavy atom. The van der Waals surface area contributed by atoms with Crippen LogP contribution in [0.15, 0.2) is 59.5 Å². The number of benzene rings is 2. The van der Waals surface area contributed by atoms with Crippen LogP contribution >= 0.6 is 11.8 Å². The van der Waals surface area contributed by atoms with E-state index < -0.39 is 0 Å². The van der Waals surface area contributed by atoms with Crippen LogP contribution < -0.4 is 10.6 Å². The second-order valence-corrected chi connectivity index (χ2v) is 8.68. The van der Waals surface area contributed by atoms with E-state index in [4.69, 9.17) is 0 Å². The summed E-state index contributed by atoms with van der Waals surface area (Å²) < 4.78 is 0. The topological polar surface area (TPSA) is 41.1 Å². The first-order valence-electron chi connectivity index (χ1n) is 10.1. The Bertz CT molecular complexity index is 890. The summed E-state index contributed by atoms with van der Waals surface area (Å²) in [5.74, 6) is 0.855. The first-order chi connectivity index (χ1) is 13.6. The maximum absolute atomic E-state index is 12.9. The summed E-state index contributed by atoms with van der Waals surface area (Å²) in [4.78, 5) is 14.2. The van der Waals surface area contributed by atoms with Gasteiger partial charge in [-0.05, 0) is 61.3 Å². The molecule has 4 unspecified atom stereocenters. The summed E-state index contributed by atoms with van der Waals surface area (Å²) >= 11 is 1.76. The van der Waals surface area contributed by atoms with Crippen molar-refractivity contribution in [1.82, 2.24) is 5.32 Å². The van der Waals surface area contributed by atoms with E-state index in [2.05, 4.69) is 66.3 Å². The molecule has 0 aromatic heterocycles. The second kappa shape index (κ2) is 8.04. The highest BCUT2D eigenvalue weighted by Crippen LogP contribution is 2.50. The van der Waals surface area contributed by atoms with Crippen LogP contribution in [0.4, 0.5) is 5.69 Å². The first-order valence-corrected chi connectivity index (χ1v) is 11.4. The van der Waals surface area contributed by atoms with Crippen LogP contribution in [0.3, 0.4) is 0 Å². The molecule has 2 aromatic rings. The van der Waals surface area contributed by atoms with Gasteiger partial charge < -0.3 is 10.6 Å². The number of thioether (sulfide) groups is 1. The SMILES string of the molecule is CCC(C)NC(=O)c1cccc2c1NC(c1ccc(SC)cc1)C1CC=CC21. The van der Waals surface area contributed by atoms with Crippen molar-refractivity contribution >= 4 is 23.4 Å². The maximum Gasteiger partial charge on any atom is 0.253 e. The van der Waals surface area contributed by atoms with Crippen molar-refractivity contribution in [2.24, 2.45) is 5.92 Å². The Morgan fingerprint density at radius 3 is 2.75 bits per heavy atom. The monoisotopic (exact) mass is 392 g/mol. The van der Waals surface area contributed by atoms with Gasteiger partial charge in [-0.25, -0.2) is 0 Å². The van der Waals surface area contributed by atoms with Crippen molar-refractivity contribution in [3.63, 3.8) is 0 Å². The van der Waals surface area contributed by atoms with Gasteiger partial charge in [0.1, 0.15) is 0 Å². The van der Waals surface area contributed by atoms with E-state index in [0.717, 1.165) is 24.1 Å². The van der Waals surface area contributed by atoms with Crippen molar-refractivity contribution in [3.8, 4) is 0 Å². The van der Waals surface area contributed by atoms with Crippen LogP contribution in [0.1, 0.15) is 60.1 Å². The zero-order valence-electron chi connectivity index (χ0n) is 16.7. The van der Waals surface area contributed by atoms with E-state index in [1.165, 1.54) is 16.0 Å². The average Bonchev–Trinajstić information content (AvgIpc) is 3.23. The van der Waals surface area contributed by atoms with Gasteiger partial charge in [0.15, 0.2) is 0 Å². The molecule has 28 heavy (non-hydrogen) atoms. The van der Waals surface area contributed by atoms with Crippen LogP contribution in [0.5, 0.6) is 0 Å². The second-order valence-electron chi connectivity index (χ2n) is 7.80. The van der Waals surface area contributed by atoms with Crippen molar-refractivity contribution < 1.29 is 4.79 Å². The van der Waals surface area contributed by atoms with Gasteiger partial charge >= 0.3 is 0 Å². The average molecular weight is 393 g/mol. The molecule has 2 N–H and O–H groups in total. The standard InChI is InChI=1S/C24H28N2OS/c1-4-15(2)25-24(27)21-10-6-9-20-18-7-5-8-19(18)22(26-23(20)21)16-11-13-17(28-3)14-12-16/h5-7,9-15,18-19,22,26H,4,8H2,1-3H3,(H,25,27). The number of carbonyl (C=O) groups excluding carboxylic acids is 1. The van der Waals surface area contributed by atoms with Crippen LogP contribution in [0.2, 0.25) is 0 Å². The van der Waals surface area contributed by atoms with Gasteiger partial charge in [-0.2, -0.15) is 0 Å². The Hall–Kier alpha value is -2.20. The van der Waals surface area contributed by atoms with Gasteiger partial charge in [0.25, 0.3) is 5.91 Å². The lowest BCUT2D eigenvalue weighted by Gasteiger charge is -2.38. The molecule has 0 fully saturated rings. The van der Waals surface area contributed by atoms with Gasteiger partial charge in [0, 0.05) is 16.9 Å². The van der Waals surface area contributed by atoms with Gasteiger partial charge in [-0.3, -0.25) is 4.79 Å². The van der Waals surface area contributed by atoms with Crippen LogP contribution in [-0.4, -0.2) is 18.2 Å². The minimum absolute atomic E-state index is 0.00982. The fourth-order valence-electron chi connectivity index (χ4n) is 4.36. The van der Waals surface area contributed by atoms with E-state index in [0.29, 0.717) is 11.8 Å². The Morgan fingerprint density at radius 2 is 2.04 bits per heavy atom. The van der Waals surface area contributed by atoms with Gasteiger partial charge in [-0.15, -0.1) is 11.8 Å². The molecule has 4 heteroatoms. The molecule has 0 bridgehead atoms. The predicted octanol–water partition coefficient (Wildman–Crippen LogP) is 5.76.